The van der Waals surface area contributed by atoms with E-state index in [1.807, 2.05) is 6.92 Å². The molecular formula is C24H18F3N3O2S. The maximum atomic E-state index is 13.0. The molecular weight excluding hydrogens is 451 g/mol. The maximum absolute atomic E-state index is 13.0. The van der Waals surface area contributed by atoms with Crippen LogP contribution in [0.4, 0.5) is 18.9 Å². The maximum Gasteiger partial charge on any atom is 0.417 e. The molecule has 0 saturated heterocycles. The van der Waals surface area contributed by atoms with Gasteiger partial charge in [0.15, 0.2) is 0 Å². The van der Waals surface area contributed by atoms with E-state index < -0.39 is 22.9 Å². The van der Waals surface area contributed by atoms with Gasteiger partial charge in [-0.1, -0.05) is 24.1 Å². The third-order valence-corrected chi connectivity index (χ3v) is 5.23. The second-order valence-electron chi connectivity index (χ2n) is 7.12. The number of nitrogens with two attached hydrogens (primary N) is 1. The van der Waals surface area contributed by atoms with Crippen molar-refractivity contribution < 1.29 is 13.2 Å². The second-order valence-corrected chi connectivity index (χ2v) is 7.60. The number of benzene rings is 3. The van der Waals surface area contributed by atoms with Crippen molar-refractivity contribution in [3.8, 4) is 23.5 Å². The molecule has 0 saturated carbocycles. The Balaban J connectivity index is 0.000000194. The van der Waals surface area contributed by atoms with E-state index in [9.17, 15) is 22.8 Å². The molecule has 33 heavy (non-hydrogen) atoms. The Bertz CT molecular complexity index is 1430. The molecule has 5 nitrogen and oxygen atoms in total. The van der Waals surface area contributed by atoms with Crippen molar-refractivity contribution >= 4 is 29.3 Å². The topological polar surface area (TPSA) is 91.7 Å². The molecule has 0 spiro atoms. The molecule has 0 atom stereocenters. The normalized spacial score (nSPS) is 10.9. The zero-order valence-corrected chi connectivity index (χ0v) is 18.1. The van der Waals surface area contributed by atoms with Crippen LogP contribution < -0.4 is 16.9 Å². The molecule has 0 aliphatic rings. The summed E-state index contributed by atoms with van der Waals surface area (Å²) in [6, 6.07) is 13.6. The minimum atomic E-state index is -4.45. The predicted molar refractivity (Wildman–Crippen MR) is 126 cm³/mol. The van der Waals surface area contributed by atoms with E-state index in [1.54, 1.807) is 36.4 Å². The van der Waals surface area contributed by atoms with Gasteiger partial charge in [-0.15, -0.1) is 19.1 Å². The van der Waals surface area contributed by atoms with E-state index in [0.717, 1.165) is 16.5 Å². The molecule has 1 heterocycles. The van der Waals surface area contributed by atoms with Crippen molar-refractivity contribution in [1.82, 2.24) is 9.97 Å². The molecule has 0 aliphatic carbocycles. The van der Waals surface area contributed by atoms with Crippen LogP contribution in [0.1, 0.15) is 16.7 Å². The zero-order valence-electron chi connectivity index (χ0n) is 17.2. The summed E-state index contributed by atoms with van der Waals surface area (Å²) >= 11 is 4.22. The van der Waals surface area contributed by atoms with Gasteiger partial charge < -0.3 is 15.7 Å². The number of thiol groups is 1. The van der Waals surface area contributed by atoms with Crippen LogP contribution in [0.2, 0.25) is 0 Å². The SMILES string of the molecule is C#Cc1ccc(-c2ccc(N)cc2C(F)(F)F)cc1.Cc1cc2[nH]c(=O)c(=O)[nH]c2cc1S. The minimum Gasteiger partial charge on any atom is -0.399 e. The molecule has 4 aromatic rings. The van der Waals surface area contributed by atoms with Crippen LogP contribution in [0.15, 0.2) is 69.1 Å². The number of rotatable bonds is 1. The van der Waals surface area contributed by atoms with Gasteiger partial charge in [-0.05, 0) is 60.0 Å². The molecule has 0 bridgehead atoms. The number of halogens is 3. The lowest BCUT2D eigenvalue weighted by molar-refractivity contribution is -0.137. The number of aromatic nitrogens is 2. The summed E-state index contributed by atoms with van der Waals surface area (Å²) in [6.07, 6.45) is 0.762. The van der Waals surface area contributed by atoms with Crippen LogP contribution >= 0.6 is 12.6 Å². The second kappa shape index (κ2) is 9.30. The van der Waals surface area contributed by atoms with E-state index in [-0.39, 0.29) is 11.3 Å². The number of fused-ring (bicyclic) bond motifs is 1. The fourth-order valence-corrected chi connectivity index (χ4v) is 3.25. The minimum absolute atomic E-state index is 0.0799. The summed E-state index contributed by atoms with van der Waals surface area (Å²) in [7, 11) is 0. The van der Waals surface area contributed by atoms with E-state index in [1.165, 1.54) is 12.1 Å². The average molecular weight is 469 g/mol. The summed E-state index contributed by atoms with van der Waals surface area (Å²) in [5.41, 5.74) is 6.78. The van der Waals surface area contributed by atoms with Gasteiger partial charge in [-0.25, -0.2) is 0 Å². The third kappa shape index (κ3) is 5.48. The van der Waals surface area contributed by atoms with Gasteiger partial charge in [0.25, 0.3) is 0 Å². The highest BCUT2D eigenvalue weighted by molar-refractivity contribution is 7.80. The summed E-state index contributed by atoms with van der Waals surface area (Å²) in [4.78, 5) is 27.8. The van der Waals surface area contributed by atoms with Crippen molar-refractivity contribution in [2.24, 2.45) is 0 Å². The van der Waals surface area contributed by atoms with E-state index in [2.05, 4.69) is 28.5 Å². The van der Waals surface area contributed by atoms with Crippen molar-refractivity contribution in [2.75, 3.05) is 5.73 Å². The molecule has 0 fully saturated rings. The fourth-order valence-electron chi connectivity index (χ4n) is 3.06. The number of aromatic amines is 2. The molecule has 168 valence electrons. The van der Waals surface area contributed by atoms with E-state index in [4.69, 9.17) is 12.2 Å². The first-order valence-corrected chi connectivity index (χ1v) is 9.94. The van der Waals surface area contributed by atoms with E-state index in [0.29, 0.717) is 22.2 Å². The van der Waals surface area contributed by atoms with Crippen LogP contribution in [-0.2, 0) is 6.18 Å². The summed E-state index contributed by atoms with van der Waals surface area (Å²) in [6.45, 7) is 1.88. The van der Waals surface area contributed by atoms with Gasteiger partial charge >= 0.3 is 17.3 Å². The van der Waals surface area contributed by atoms with Crippen LogP contribution in [0.5, 0.6) is 0 Å². The smallest absolute Gasteiger partial charge is 0.399 e. The van der Waals surface area contributed by atoms with Crippen molar-refractivity contribution in [1.29, 1.82) is 0 Å². The monoisotopic (exact) mass is 469 g/mol. The molecule has 1 aromatic heterocycles. The van der Waals surface area contributed by atoms with Gasteiger partial charge in [0, 0.05) is 16.1 Å². The van der Waals surface area contributed by atoms with Crippen LogP contribution in [-0.4, -0.2) is 9.97 Å². The Labute approximate surface area is 191 Å². The number of anilines is 1. The Kier molecular flexibility index (Phi) is 6.70. The van der Waals surface area contributed by atoms with Crippen molar-refractivity contribution in [3.63, 3.8) is 0 Å². The first-order chi connectivity index (χ1) is 15.5. The standard InChI is InChI=1S/C15H10F3N.C9H8N2O2S/c1-2-10-3-5-11(6-4-10)13-8-7-12(19)9-14(13)15(16,17)18;1-4-2-5-6(3-7(4)14)11-9(13)8(12)10-5/h1,3-9H,19H2;2-3,14H,1H3,(H,10,12)(H,11,13). The van der Waals surface area contributed by atoms with Gasteiger partial charge in [-0.3, -0.25) is 9.59 Å². The molecule has 3 aromatic carbocycles. The molecule has 4 rings (SSSR count). The van der Waals surface area contributed by atoms with Crippen molar-refractivity contribution in [2.45, 2.75) is 18.0 Å². The Morgan fingerprint density at radius 1 is 0.939 bits per heavy atom. The first kappa shape index (κ1) is 23.8. The lowest BCUT2D eigenvalue weighted by atomic mass is 9.98. The molecule has 4 N–H and O–H groups in total. The van der Waals surface area contributed by atoms with Gasteiger partial charge in [0.2, 0.25) is 0 Å². The fraction of sp³-hybridized carbons (Fsp3) is 0.0833. The van der Waals surface area contributed by atoms with Gasteiger partial charge in [0.1, 0.15) is 0 Å². The summed E-state index contributed by atoms with van der Waals surface area (Å²) in [5.74, 6) is 2.42. The van der Waals surface area contributed by atoms with Gasteiger partial charge in [0.05, 0.1) is 16.6 Å². The van der Waals surface area contributed by atoms with E-state index >= 15 is 0 Å². The number of hydrogen-bond donors (Lipinski definition) is 4. The predicted octanol–water partition coefficient (Wildman–Crippen LogP) is 4.75. The highest BCUT2D eigenvalue weighted by Gasteiger charge is 2.33. The zero-order chi connectivity index (χ0) is 24.3. The number of aryl methyl sites for hydroxylation is 1. The number of alkyl halides is 3. The van der Waals surface area contributed by atoms with Crippen LogP contribution in [0, 0.1) is 19.3 Å². The summed E-state index contributed by atoms with van der Waals surface area (Å²) in [5, 5.41) is 0. The Morgan fingerprint density at radius 3 is 2.06 bits per heavy atom. The summed E-state index contributed by atoms with van der Waals surface area (Å²) < 4.78 is 38.9. The number of terminal acetylenes is 1. The van der Waals surface area contributed by atoms with Crippen molar-refractivity contribution in [3.05, 3.63) is 92.0 Å². The highest BCUT2D eigenvalue weighted by atomic mass is 32.1. The largest absolute Gasteiger partial charge is 0.417 e. The lowest BCUT2D eigenvalue weighted by Crippen LogP contribution is -2.28. The molecule has 9 heteroatoms. The first-order valence-electron chi connectivity index (χ1n) is 9.49. The average Bonchev–Trinajstić information content (AvgIpc) is 2.76. The number of H-pyrrole nitrogens is 2. The Morgan fingerprint density at radius 2 is 1.52 bits per heavy atom. The van der Waals surface area contributed by atoms with Gasteiger partial charge in [-0.2, -0.15) is 13.2 Å². The highest BCUT2D eigenvalue weighted by Crippen LogP contribution is 2.38. The number of nitrogens with one attached hydrogen (secondary N) is 2. The number of nitrogen functional groups attached to an aromatic ring is 1. The molecule has 0 unspecified atom stereocenters. The molecule has 0 radical (unpaired) electrons. The Hall–Kier alpha value is -3.90. The molecule has 0 aliphatic heterocycles. The van der Waals surface area contributed by atoms with Crippen LogP contribution in [0.3, 0.4) is 0 Å². The van der Waals surface area contributed by atoms with Crippen LogP contribution in [0.25, 0.3) is 22.2 Å². The number of hydrogen-bond acceptors (Lipinski definition) is 4. The molecule has 0 amide bonds. The lowest BCUT2D eigenvalue weighted by Gasteiger charge is -2.13. The quantitative estimate of drug-likeness (QED) is 0.140. The third-order valence-electron chi connectivity index (χ3n) is 4.75.